The maximum atomic E-state index is 12.8. The number of hydrogen-bond donors (Lipinski definition) is 1. The highest BCUT2D eigenvalue weighted by atomic mass is 32.2. The van der Waals surface area contributed by atoms with Crippen LogP contribution in [0.2, 0.25) is 0 Å². The van der Waals surface area contributed by atoms with Crippen LogP contribution in [0.25, 0.3) is 0 Å². The number of morpholine rings is 1. The van der Waals surface area contributed by atoms with Crippen molar-refractivity contribution in [3.63, 3.8) is 0 Å². The zero-order valence-corrected chi connectivity index (χ0v) is 13.0. The summed E-state index contributed by atoms with van der Waals surface area (Å²) in [4.78, 5) is 0.338. The molecule has 5 nitrogen and oxygen atoms in total. The first-order valence-corrected chi connectivity index (χ1v) is 8.21. The quantitative estimate of drug-likeness (QED) is 0.905. The molecule has 0 aliphatic carbocycles. The molecule has 20 heavy (non-hydrogen) atoms. The molecule has 1 saturated heterocycles. The van der Waals surface area contributed by atoms with E-state index in [0.29, 0.717) is 24.6 Å². The summed E-state index contributed by atoms with van der Waals surface area (Å²) in [6, 6.07) is 5.06. The largest absolute Gasteiger partial charge is 0.374 e. The summed E-state index contributed by atoms with van der Waals surface area (Å²) in [5, 5.41) is 0. The van der Waals surface area contributed by atoms with Crippen LogP contribution in [0.15, 0.2) is 23.1 Å². The van der Waals surface area contributed by atoms with E-state index >= 15 is 0 Å². The number of nitrogens with two attached hydrogens (primary N) is 1. The normalized spacial score (nSPS) is 24.8. The molecule has 1 heterocycles. The van der Waals surface area contributed by atoms with Crippen LogP contribution in [0, 0.1) is 13.8 Å². The highest BCUT2D eigenvalue weighted by Crippen LogP contribution is 2.23. The molecule has 6 heteroatoms. The van der Waals surface area contributed by atoms with Crippen molar-refractivity contribution in [1.82, 2.24) is 4.31 Å². The number of hydrogen-bond acceptors (Lipinski definition) is 4. The van der Waals surface area contributed by atoms with Gasteiger partial charge in [0.2, 0.25) is 10.0 Å². The lowest BCUT2D eigenvalue weighted by molar-refractivity contribution is -0.0219. The average molecular weight is 298 g/mol. The lowest BCUT2D eigenvalue weighted by atomic mass is 10.1. The van der Waals surface area contributed by atoms with Crippen LogP contribution in [-0.2, 0) is 14.8 Å². The molecule has 0 amide bonds. The Hall–Kier alpha value is -0.950. The summed E-state index contributed by atoms with van der Waals surface area (Å²) in [5.41, 5.74) is 7.65. The second-order valence-corrected chi connectivity index (χ2v) is 7.25. The van der Waals surface area contributed by atoms with Crippen LogP contribution >= 0.6 is 0 Å². The Morgan fingerprint density at radius 1 is 1.35 bits per heavy atom. The Morgan fingerprint density at radius 3 is 2.65 bits per heavy atom. The molecule has 2 atom stereocenters. The number of nitrogens with zero attached hydrogens (tertiary/aromatic N) is 1. The average Bonchev–Trinajstić information content (AvgIpc) is 2.42. The molecule has 0 bridgehead atoms. The minimum atomic E-state index is -3.50. The minimum absolute atomic E-state index is 0.176. The number of benzene rings is 1. The molecule has 0 spiro atoms. The lowest BCUT2D eigenvalue weighted by Crippen LogP contribution is -2.52. The van der Waals surface area contributed by atoms with Crippen LogP contribution in [0.5, 0.6) is 0 Å². The molecule has 1 aromatic carbocycles. The number of rotatable bonds is 3. The van der Waals surface area contributed by atoms with E-state index in [1.807, 2.05) is 26.8 Å². The van der Waals surface area contributed by atoms with Gasteiger partial charge in [-0.25, -0.2) is 8.42 Å². The van der Waals surface area contributed by atoms with Crippen molar-refractivity contribution >= 4 is 10.0 Å². The summed E-state index contributed by atoms with van der Waals surface area (Å²) in [6.45, 7) is 6.75. The standard InChI is InChI=1S/C14H22N2O3S/c1-10-4-5-14(6-11(10)2)20(17,18)16-8-13(7-15)19-9-12(16)3/h4-6,12-13H,7-9,15H2,1-3H3. The van der Waals surface area contributed by atoms with Crippen molar-refractivity contribution in [1.29, 1.82) is 0 Å². The Kier molecular flexibility index (Phi) is 4.49. The molecule has 1 aliphatic rings. The molecule has 2 unspecified atom stereocenters. The van der Waals surface area contributed by atoms with Crippen LogP contribution in [0.3, 0.4) is 0 Å². The van der Waals surface area contributed by atoms with Gasteiger partial charge in [0, 0.05) is 19.1 Å². The van der Waals surface area contributed by atoms with E-state index in [1.165, 1.54) is 4.31 Å². The molecule has 1 aliphatic heterocycles. The van der Waals surface area contributed by atoms with Gasteiger partial charge in [-0.2, -0.15) is 4.31 Å². The Morgan fingerprint density at radius 2 is 2.05 bits per heavy atom. The molecule has 112 valence electrons. The zero-order valence-electron chi connectivity index (χ0n) is 12.2. The van der Waals surface area contributed by atoms with Gasteiger partial charge in [-0.05, 0) is 44.0 Å². The maximum Gasteiger partial charge on any atom is 0.243 e. The van der Waals surface area contributed by atoms with E-state index in [4.69, 9.17) is 10.5 Å². The molecule has 2 N–H and O–H groups in total. The first-order valence-electron chi connectivity index (χ1n) is 6.77. The molecule has 0 aromatic heterocycles. The van der Waals surface area contributed by atoms with Gasteiger partial charge in [0.05, 0.1) is 17.6 Å². The first kappa shape index (κ1) is 15.4. The summed E-state index contributed by atoms with van der Waals surface area (Å²) < 4.78 is 32.5. The molecule has 2 rings (SSSR count). The van der Waals surface area contributed by atoms with E-state index in [9.17, 15) is 8.42 Å². The predicted octanol–water partition coefficient (Wildman–Crippen LogP) is 1.04. The molecule has 1 fully saturated rings. The SMILES string of the molecule is Cc1ccc(S(=O)(=O)N2CC(CN)OCC2C)cc1C. The fourth-order valence-electron chi connectivity index (χ4n) is 2.28. The summed E-state index contributed by atoms with van der Waals surface area (Å²) in [5.74, 6) is 0. The third-order valence-corrected chi connectivity index (χ3v) is 5.77. The molecule has 0 saturated carbocycles. The van der Waals surface area contributed by atoms with Gasteiger partial charge in [0.25, 0.3) is 0 Å². The Labute approximate surface area is 120 Å². The lowest BCUT2D eigenvalue weighted by Gasteiger charge is -2.36. The monoisotopic (exact) mass is 298 g/mol. The second kappa shape index (κ2) is 5.81. The summed E-state index contributed by atoms with van der Waals surface area (Å²) >= 11 is 0. The van der Waals surface area contributed by atoms with Gasteiger partial charge in [0.1, 0.15) is 0 Å². The summed E-state index contributed by atoms with van der Waals surface area (Å²) in [6.07, 6.45) is -0.229. The van der Waals surface area contributed by atoms with E-state index in [1.54, 1.807) is 12.1 Å². The number of ether oxygens (including phenoxy) is 1. The fraction of sp³-hybridized carbons (Fsp3) is 0.571. The van der Waals surface area contributed by atoms with Crippen LogP contribution in [-0.4, -0.2) is 44.6 Å². The van der Waals surface area contributed by atoms with Gasteiger partial charge < -0.3 is 10.5 Å². The molecular weight excluding hydrogens is 276 g/mol. The molecular formula is C14H22N2O3S. The van der Waals surface area contributed by atoms with Gasteiger partial charge >= 0.3 is 0 Å². The van der Waals surface area contributed by atoms with Crippen molar-refractivity contribution in [2.75, 3.05) is 19.7 Å². The van der Waals surface area contributed by atoms with Gasteiger partial charge in [0.15, 0.2) is 0 Å². The number of sulfonamides is 1. The molecule has 0 radical (unpaired) electrons. The van der Waals surface area contributed by atoms with Crippen LogP contribution < -0.4 is 5.73 Å². The molecule has 1 aromatic rings. The van der Waals surface area contributed by atoms with Crippen molar-refractivity contribution in [2.45, 2.75) is 37.8 Å². The predicted molar refractivity (Wildman–Crippen MR) is 78.1 cm³/mol. The van der Waals surface area contributed by atoms with Crippen molar-refractivity contribution in [2.24, 2.45) is 5.73 Å². The van der Waals surface area contributed by atoms with Crippen molar-refractivity contribution in [3.8, 4) is 0 Å². The van der Waals surface area contributed by atoms with Gasteiger partial charge in [-0.15, -0.1) is 0 Å². The highest BCUT2D eigenvalue weighted by Gasteiger charge is 2.35. The van der Waals surface area contributed by atoms with Crippen LogP contribution in [0.4, 0.5) is 0 Å². The van der Waals surface area contributed by atoms with Gasteiger partial charge in [-0.1, -0.05) is 6.07 Å². The van der Waals surface area contributed by atoms with E-state index in [-0.39, 0.29) is 12.1 Å². The smallest absolute Gasteiger partial charge is 0.243 e. The van der Waals surface area contributed by atoms with Crippen molar-refractivity contribution < 1.29 is 13.2 Å². The highest BCUT2D eigenvalue weighted by molar-refractivity contribution is 7.89. The third-order valence-electron chi connectivity index (χ3n) is 3.80. The fourth-order valence-corrected chi connectivity index (χ4v) is 4.01. The van der Waals surface area contributed by atoms with Crippen molar-refractivity contribution in [3.05, 3.63) is 29.3 Å². The minimum Gasteiger partial charge on any atom is -0.374 e. The van der Waals surface area contributed by atoms with Crippen LogP contribution in [0.1, 0.15) is 18.1 Å². The summed E-state index contributed by atoms with van der Waals surface area (Å²) in [7, 11) is -3.50. The second-order valence-electron chi connectivity index (χ2n) is 5.36. The van der Waals surface area contributed by atoms with E-state index < -0.39 is 10.0 Å². The maximum absolute atomic E-state index is 12.8. The zero-order chi connectivity index (χ0) is 14.9. The Bertz CT molecular complexity index is 586. The van der Waals surface area contributed by atoms with E-state index in [2.05, 4.69) is 0 Å². The van der Waals surface area contributed by atoms with E-state index in [0.717, 1.165) is 11.1 Å². The topological polar surface area (TPSA) is 72.6 Å². The third kappa shape index (κ3) is 2.88. The van der Waals surface area contributed by atoms with Gasteiger partial charge in [-0.3, -0.25) is 0 Å². The Balaban J connectivity index is 2.35. The first-order chi connectivity index (χ1) is 9.36. The number of aryl methyl sites for hydroxylation is 2.